The van der Waals surface area contributed by atoms with Crippen LogP contribution in [0.5, 0.6) is 5.75 Å². The van der Waals surface area contributed by atoms with Gasteiger partial charge in [-0.3, -0.25) is 4.79 Å². The number of nitrogens with zero attached hydrogens (tertiary/aromatic N) is 1. The summed E-state index contributed by atoms with van der Waals surface area (Å²) < 4.78 is 16.6. The van der Waals surface area contributed by atoms with Gasteiger partial charge in [-0.2, -0.15) is 0 Å². The Labute approximate surface area is 196 Å². The Morgan fingerprint density at radius 1 is 1.32 bits per heavy atom. The van der Waals surface area contributed by atoms with E-state index < -0.39 is 17.9 Å². The Morgan fingerprint density at radius 2 is 2.15 bits per heavy atom. The van der Waals surface area contributed by atoms with E-state index in [9.17, 15) is 9.59 Å². The molecular formula is C25H25N3O6. The molecule has 9 nitrogen and oxygen atoms in total. The van der Waals surface area contributed by atoms with E-state index in [0.717, 1.165) is 10.9 Å². The van der Waals surface area contributed by atoms with Gasteiger partial charge in [-0.15, -0.1) is 0 Å². The second-order valence-corrected chi connectivity index (χ2v) is 7.92. The third-order valence-corrected chi connectivity index (χ3v) is 5.01. The third kappa shape index (κ3) is 4.79. The smallest absolute Gasteiger partial charge is 0.348 e. The van der Waals surface area contributed by atoms with Crippen molar-refractivity contribution in [1.82, 2.24) is 9.97 Å². The topological polar surface area (TPSA) is 123 Å². The van der Waals surface area contributed by atoms with Gasteiger partial charge in [0.15, 0.2) is 11.3 Å². The van der Waals surface area contributed by atoms with Gasteiger partial charge in [0.1, 0.15) is 18.0 Å². The fourth-order valence-electron chi connectivity index (χ4n) is 3.46. The van der Waals surface area contributed by atoms with Crippen molar-refractivity contribution < 1.29 is 28.9 Å². The van der Waals surface area contributed by atoms with Gasteiger partial charge in [0.25, 0.3) is 0 Å². The molecule has 0 aliphatic carbocycles. The first kappa shape index (κ1) is 23.1. The van der Waals surface area contributed by atoms with E-state index in [1.54, 1.807) is 56.6 Å². The average molecular weight is 463 g/mol. The molecule has 0 saturated carbocycles. The molecule has 0 atom stereocenters. The number of aliphatic hydroxyl groups is 1. The summed E-state index contributed by atoms with van der Waals surface area (Å²) in [6, 6.07) is 8.89. The Balaban J connectivity index is 1.67. The van der Waals surface area contributed by atoms with Crippen molar-refractivity contribution in [2.24, 2.45) is 0 Å². The number of esters is 1. The zero-order valence-electron chi connectivity index (χ0n) is 19.0. The summed E-state index contributed by atoms with van der Waals surface area (Å²) in [5.41, 5.74) is 2.57. The van der Waals surface area contributed by atoms with Crippen molar-refractivity contribution in [3.63, 3.8) is 0 Å². The lowest BCUT2D eigenvalue weighted by molar-refractivity contribution is -0.143. The molecule has 0 fully saturated rings. The SMILES string of the molecule is Cc1cc(OCCO)ccc1NC1=C(C(=O)OC(C)C)C(=O)/C(=C/c2c[nH]c3ncccc23)O1. The Kier molecular flexibility index (Phi) is 6.65. The number of aliphatic hydroxyl groups excluding tert-OH is 1. The lowest BCUT2D eigenvalue weighted by atomic mass is 10.1. The van der Waals surface area contributed by atoms with Gasteiger partial charge < -0.3 is 29.6 Å². The molecule has 0 spiro atoms. The fourth-order valence-corrected chi connectivity index (χ4v) is 3.46. The molecule has 0 amide bonds. The summed E-state index contributed by atoms with van der Waals surface area (Å²) in [5, 5.41) is 12.8. The number of H-pyrrole nitrogens is 1. The maximum absolute atomic E-state index is 13.2. The zero-order chi connectivity index (χ0) is 24.2. The highest BCUT2D eigenvalue weighted by molar-refractivity contribution is 6.26. The molecule has 0 saturated heterocycles. The van der Waals surface area contributed by atoms with Crippen molar-refractivity contribution >= 4 is 34.5 Å². The summed E-state index contributed by atoms with van der Waals surface area (Å²) in [4.78, 5) is 33.3. The summed E-state index contributed by atoms with van der Waals surface area (Å²) in [6.45, 7) is 5.34. The van der Waals surface area contributed by atoms with Gasteiger partial charge in [-0.05, 0) is 62.7 Å². The number of pyridine rings is 1. The summed E-state index contributed by atoms with van der Waals surface area (Å²) in [7, 11) is 0. The molecule has 0 unspecified atom stereocenters. The first-order chi connectivity index (χ1) is 16.4. The highest BCUT2D eigenvalue weighted by Crippen LogP contribution is 2.32. The van der Waals surface area contributed by atoms with Crippen LogP contribution in [-0.4, -0.2) is 46.1 Å². The normalized spacial score (nSPS) is 14.7. The third-order valence-electron chi connectivity index (χ3n) is 5.01. The van der Waals surface area contributed by atoms with Crippen LogP contribution in [0, 0.1) is 6.92 Å². The summed E-state index contributed by atoms with van der Waals surface area (Å²) in [5.74, 6) is -0.781. The number of hydrogen-bond acceptors (Lipinski definition) is 8. The number of benzene rings is 1. The number of anilines is 1. The predicted octanol–water partition coefficient (Wildman–Crippen LogP) is 3.46. The van der Waals surface area contributed by atoms with Crippen molar-refractivity contribution in [3.8, 4) is 5.75 Å². The molecular weight excluding hydrogens is 438 g/mol. The maximum Gasteiger partial charge on any atom is 0.348 e. The van der Waals surface area contributed by atoms with Crippen LogP contribution in [0.3, 0.4) is 0 Å². The number of hydrogen-bond donors (Lipinski definition) is 3. The van der Waals surface area contributed by atoms with Crippen molar-refractivity contribution in [1.29, 1.82) is 0 Å². The molecule has 9 heteroatoms. The van der Waals surface area contributed by atoms with Gasteiger partial charge in [0, 0.05) is 29.0 Å². The van der Waals surface area contributed by atoms with Crippen LogP contribution in [0.2, 0.25) is 0 Å². The number of ether oxygens (including phenoxy) is 3. The number of aromatic amines is 1. The minimum atomic E-state index is -0.771. The van der Waals surface area contributed by atoms with Crippen LogP contribution < -0.4 is 10.1 Å². The molecule has 3 N–H and O–H groups in total. The number of Topliss-reactive ketones (excluding diaryl/α,β-unsaturated/α-hetero) is 1. The number of carbonyl (C=O) groups is 2. The van der Waals surface area contributed by atoms with E-state index in [-0.39, 0.29) is 30.4 Å². The van der Waals surface area contributed by atoms with Crippen molar-refractivity contribution in [2.45, 2.75) is 26.9 Å². The standard InChI is InChI=1S/C25H25N3O6/c1-14(2)33-25(31)21-22(30)20(12-16-13-27-23-18(16)5-4-8-26-23)34-24(21)28-19-7-6-17(11-15(19)3)32-10-9-29/h4-8,11-14,28-29H,9-10H2,1-3H3,(H,26,27)/b20-12-. The largest absolute Gasteiger partial charge is 0.491 e. The first-order valence-corrected chi connectivity index (χ1v) is 10.8. The van der Waals surface area contributed by atoms with Crippen LogP contribution in [0.1, 0.15) is 25.0 Å². The quantitative estimate of drug-likeness (QED) is 0.264. The van der Waals surface area contributed by atoms with Gasteiger partial charge >= 0.3 is 5.97 Å². The minimum absolute atomic E-state index is 0.00741. The molecule has 1 aliphatic rings. The van der Waals surface area contributed by atoms with Crippen LogP contribution >= 0.6 is 0 Å². The second-order valence-electron chi connectivity index (χ2n) is 7.92. The molecule has 34 heavy (non-hydrogen) atoms. The molecule has 3 heterocycles. The number of carbonyl (C=O) groups excluding carboxylic acids is 2. The molecule has 0 radical (unpaired) electrons. The van der Waals surface area contributed by atoms with Gasteiger partial charge in [0.05, 0.1) is 12.7 Å². The van der Waals surface area contributed by atoms with Gasteiger partial charge in [-0.1, -0.05) is 0 Å². The minimum Gasteiger partial charge on any atom is -0.491 e. The number of rotatable bonds is 8. The number of ketones is 1. The van der Waals surface area contributed by atoms with Crippen LogP contribution in [0.15, 0.2) is 59.9 Å². The monoisotopic (exact) mass is 463 g/mol. The predicted molar refractivity (Wildman–Crippen MR) is 126 cm³/mol. The van der Waals surface area contributed by atoms with Crippen LogP contribution in [0.4, 0.5) is 5.69 Å². The molecule has 1 aromatic carbocycles. The summed E-state index contributed by atoms with van der Waals surface area (Å²) >= 11 is 0. The van der Waals surface area contributed by atoms with Gasteiger partial charge in [-0.25, -0.2) is 9.78 Å². The molecule has 0 bridgehead atoms. The number of fused-ring (bicyclic) bond motifs is 1. The summed E-state index contributed by atoms with van der Waals surface area (Å²) in [6.07, 6.45) is 4.54. The first-order valence-electron chi connectivity index (χ1n) is 10.8. The number of aromatic nitrogens is 2. The molecule has 1 aliphatic heterocycles. The zero-order valence-corrected chi connectivity index (χ0v) is 19.0. The van der Waals surface area contributed by atoms with Gasteiger partial charge in [0.2, 0.25) is 11.7 Å². The molecule has 3 aromatic rings. The Morgan fingerprint density at radius 3 is 2.88 bits per heavy atom. The Hall–Kier alpha value is -4.11. The van der Waals surface area contributed by atoms with E-state index >= 15 is 0 Å². The van der Waals surface area contributed by atoms with E-state index in [0.29, 0.717) is 22.6 Å². The van der Waals surface area contributed by atoms with E-state index in [1.807, 2.05) is 13.0 Å². The van der Waals surface area contributed by atoms with Crippen molar-refractivity contribution in [2.75, 3.05) is 18.5 Å². The molecule has 2 aromatic heterocycles. The highest BCUT2D eigenvalue weighted by Gasteiger charge is 2.37. The lowest BCUT2D eigenvalue weighted by Gasteiger charge is -2.13. The van der Waals surface area contributed by atoms with Crippen LogP contribution in [0.25, 0.3) is 17.1 Å². The maximum atomic E-state index is 13.2. The second kappa shape index (κ2) is 9.80. The Bertz CT molecular complexity index is 1300. The van der Waals surface area contributed by atoms with Crippen LogP contribution in [-0.2, 0) is 19.1 Å². The fraction of sp³-hybridized carbons (Fsp3) is 0.240. The number of allylic oxidation sites excluding steroid dienone is 1. The average Bonchev–Trinajstić information content (AvgIpc) is 3.34. The van der Waals surface area contributed by atoms with E-state index in [1.165, 1.54) is 0 Å². The number of aryl methyl sites for hydroxylation is 1. The number of nitrogens with one attached hydrogen (secondary N) is 2. The molecule has 4 rings (SSSR count). The van der Waals surface area contributed by atoms with E-state index in [2.05, 4.69) is 15.3 Å². The lowest BCUT2D eigenvalue weighted by Crippen LogP contribution is -2.19. The highest BCUT2D eigenvalue weighted by atomic mass is 16.5. The van der Waals surface area contributed by atoms with Crippen molar-refractivity contribution in [3.05, 3.63) is 71.1 Å². The van der Waals surface area contributed by atoms with E-state index in [4.69, 9.17) is 19.3 Å². The molecule has 176 valence electrons.